The molecule has 110 valence electrons. The van der Waals surface area contributed by atoms with Crippen LogP contribution < -0.4 is 10.9 Å². The van der Waals surface area contributed by atoms with Crippen molar-refractivity contribution in [1.29, 1.82) is 0 Å². The smallest absolute Gasteiger partial charge is 0.251 e. The summed E-state index contributed by atoms with van der Waals surface area (Å²) in [5, 5.41) is 4.33. The number of hydrogen-bond donors (Lipinski definition) is 2. The predicted molar refractivity (Wildman–Crippen MR) is 90.9 cm³/mol. The van der Waals surface area contributed by atoms with Crippen LogP contribution in [0, 0.1) is 6.92 Å². The van der Waals surface area contributed by atoms with Crippen molar-refractivity contribution in [2.24, 2.45) is 0 Å². The highest BCUT2D eigenvalue weighted by Gasteiger charge is 2.12. The molecule has 22 heavy (non-hydrogen) atoms. The van der Waals surface area contributed by atoms with Crippen molar-refractivity contribution >= 4 is 10.9 Å². The van der Waals surface area contributed by atoms with Crippen molar-refractivity contribution in [3.63, 3.8) is 0 Å². The molecule has 0 saturated carbocycles. The van der Waals surface area contributed by atoms with Gasteiger partial charge in [-0.05, 0) is 47.8 Å². The molecule has 1 atom stereocenters. The van der Waals surface area contributed by atoms with Crippen LogP contribution in [0.5, 0.6) is 0 Å². The van der Waals surface area contributed by atoms with E-state index in [-0.39, 0.29) is 11.6 Å². The molecule has 0 spiro atoms. The lowest BCUT2D eigenvalue weighted by molar-refractivity contribution is 0.731. The zero-order valence-electron chi connectivity index (χ0n) is 12.5. The van der Waals surface area contributed by atoms with Crippen LogP contribution in [0.25, 0.3) is 10.9 Å². The average Bonchev–Trinajstić information content (AvgIpc) is 2.54. The third-order valence-electron chi connectivity index (χ3n) is 3.80. The van der Waals surface area contributed by atoms with E-state index in [1.165, 1.54) is 5.56 Å². The SMILES string of the molecule is C=CNC(c1ccccc1)c1ccc2[nH]c(=O)c(C)cc2c1. The lowest BCUT2D eigenvalue weighted by Gasteiger charge is -2.19. The topological polar surface area (TPSA) is 44.9 Å². The van der Waals surface area contributed by atoms with E-state index in [9.17, 15) is 4.79 Å². The van der Waals surface area contributed by atoms with Crippen molar-refractivity contribution in [2.45, 2.75) is 13.0 Å². The van der Waals surface area contributed by atoms with Crippen molar-refractivity contribution in [2.75, 3.05) is 0 Å². The van der Waals surface area contributed by atoms with Gasteiger partial charge < -0.3 is 10.3 Å². The Hall–Kier alpha value is -2.81. The molecule has 1 aromatic heterocycles. The molecule has 0 saturated heterocycles. The molecule has 0 aliphatic carbocycles. The number of hydrogen-bond acceptors (Lipinski definition) is 2. The van der Waals surface area contributed by atoms with Gasteiger partial charge in [0.15, 0.2) is 0 Å². The van der Waals surface area contributed by atoms with Crippen LogP contribution in [-0.4, -0.2) is 4.98 Å². The molecule has 2 N–H and O–H groups in total. The van der Waals surface area contributed by atoms with Gasteiger partial charge in [-0.15, -0.1) is 0 Å². The van der Waals surface area contributed by atoms with Crippen LogP contribution in [0.3, 0.4) is 0 Å². The molecule has 2 aromatic carbocycles. The maximum atomic E-state index is 11.7. The van der Waals surface area contributed by atoms with E-state index >= 15 is 0 Å². The predicted octanol–water partition coefficient (Wildman–Crippen LogP) is 3.66. The third-order valence-corrected chi connectivity index (χ3v) is 3.80. The zero-order valence-corrected chi connectivity index (χ0v) is 12.5. The Kier molecular flexibility index (Phi) is 3.79. The molecule has 1 unspecified atom stereocenters. The van der Waals surface area contributed by atoms with Gasteiger partial charge in [0.05, 0.1) is 6.04 Å². The number of pyridine rings is 1. The van der Waals surface area contributed by atoms with Crippen molar-refractivity contribution in [3.8, 4) is 0 Å². The summed E-state index contributed by atoms with van der Waals surface area (Å²) in [6, 6.07) is 18.3. The van der Waals surface area contributed by atoms with Crippen LogP contribution in [-0.2, 0) is 0 Å². The fraction of sp³-hybridized carbons (Fsp3) is 0.105. The molecular weight excluding hydrogens is 272 g/mol. The Labute approximate surface area is 129 Å². The lowest BCUT2D eigenvalue weighted by atomic mass is 9.97. The molecule has 0 amide bonds. The monoisotopic (exact) mass is 290 g/mol. The largest absolute Gasteiger partial charge is 0.381 e. The van der Waals surface area contributed by atoms with Gasteiger partial charge in [-0.3, -0.25) is 4.79 Å². The summed E-state index contributed by atoms with van der Waals surface area (Å²) in [4.78, 5) is 14.6. The van der Waals surface area contributed by atoms with Gasteiger partial charge in [0, 0.05) is 11.1 Å². The Bertz CT molecular complexity index is 865. The van der Waals surface area contributed by atoms with Gasteiger partial charge in [0.1, 0.15) is 0 Å². The summed E-state index contributed by atoms with van der Waals surface area (Å²) in [7, 11) is 0. The number of aryl methyl sites for hydroxylation is 1. The van der Waals surface area contributed by atoms with Crippen molar-refractivity contribution < 1.29 is 0 Å². The third kappa shape index (κ3) is 2.66. The summed E-state index contributed by atoms with van der Waals surface area (Å²) in [5.74, 6) is 0. The number of aromatic amines is 1. The van der Waals surface area contributed by atoms with Gasteiger partial charge in [0.25, 0.3) is 5.56 Å². The number of aromatic nitrogens is 1. The van der Waals surface area contributed by atoms with Crippen LogP contribution in [0.4, 0.5) is 0 Å². The maximum absolute atomic E-state index is 11.7. The number of fused-ring (bicyclic) bond motifs is 1. The zero-order chi connectivity index (χ0) is 15.5. The first-order chi connectivity index (χ1) is 10.7. The normalized spacial score (nSPS) is 12.0. The molecule has 3 aromatic rings. The molecule has 1 heterocycles. The van der Waals surface area contributed by atoms with E-state index in [0.717, 1.165) is 22.0 Å². The fourth-order valence-corrected chi connectivity index (χ4v) is 2.66. The molecule has 0 fully saturated rings. The summed E-state index contributed by atoms with van der Waals surface area (Å²) in [5.41, 5.74) is 3.83. The Morgan fingerprint density at radius 1 is 1.09 bits per heavy atom. The van der Waals surface area contributed by atoms with E-state index < -0.39 is 0 Å². The molecule has 0 aliphatic rings. The quantitative estimate of drug-likeness (QED) is 0.770. The summed E-state index contributed by atoms with van der Waals surface area (Å²) < 4.78 is 0. The second kappa shape index (κ2) is 5.90. The molecule has 3 heteroatoms. The lowest BCUT2D eigenvalue weighted by Crippen LogP contribution is -2.16. The highest BCUT2D eigenvalue weighted by Crippen LogP contribution is 2.25. The van der Waals surface area contributed by atoms with Crippen LogP contribution in [0.1, 0.15) is 22.7 Å². The van der Waals surface area contributed by atoms with Gasteiger partial charge in [0.2, 0.25) is 0 Å². The maximum Gasteiger partial charge on any atom is 0.251 e. The minimum Gasteiger partial charge on any atom is -0.381 e. The van der Waals surface area contributed by atoms with E-state index in [2.05, 4.69) is 35.1 Å². The minimum absolute atomic E-state index is 0.0373. The summed E-state index contributed by atoms with van der Waals surface area (Å²) in [6.45, 7) is 5.60. The van der Waals surface area contributed by atoms with Crippen molar-refractivity contribution in [1.82, 2.24) is 10.3 Å². The minimum atomic E-state index is -0.0379. The Morgan fingerprint density at radius 3 is 2.59 bits per heavy atom. The van der Waals surface area contributed by atoms with E-state index in [0.29, 0.717) is 0 Å². The van der Waals surface area contributed by atoms with Crippen LogP contribution in [0.2, 0.25) is 0 Å². The summed E-state index contributed by atoms with van der Waals surface area (Å²) >= 11 is 0. The number of nitrogens with one attached hydrogen (secondary N) is 2. The van der Waals surface area contributed by atoms with Crippen molar-refractivity contribution in [3.05, 3.63) is 94.4 Å². The molecule has 3 rings (SSSR count). The number of rotatable bonds is 4. The molecule has 0 aliphatic heterocycles. The standard InChI is InChI=1S/C19H18N2O/c1-3-20-18(14-7-5-4-6-8-14)15-9-10-17-16(12-15)11-13(2)19(22)21-17/h3-12,18,20H,1H2,2H3,(H,21,22). The summed E-state index contributed by atoms with van der Waals surface area (Å²) in [6.07, 6.45) is 1.71. The van der Waals surface area contributed by atoms with Gasteiger partial charge >= 0.3 is 0 Å². The first-order valence-corrected chi connectivity index (χ1v) is 7.24. The van der Waals surface area contributed by atoms with E-state index in [1.54, 1.807) is 6.20 Å². The number of H-pyrrole nitrogens is 1. The molecular formula is C19H18N2O. The van der Waals surface area contributed by atoms with Gasteiger partial charge in [-0.25, -0.2) is 0 Å². The highest BCUT2D eigenvalue weighted by atomic mass is 16.1. The highest BCUT2D eigenvalue weighted by molar-refractivity contribution is 5.80. The van der Waals surface area contributed by atoms with Gasteiger partial charge in [-0.1, -0.05) is 43.0 Å². The number of benzene rings is 2. The van der Waals surface area contributed by atoms with Gasteiger partial charge in [-0.2, -0.15) is 0 Å². The van der Waals surface area contributed by atoms with Crippen LogP contribution in [0.15, 0.2) is 72.2 Å². The second-order valence-electron chi connectivity index (χ2n) is 5.34. The average molecular weight is 290 g/mol. The van der Waals surface area contributed by atoms with Crippen LogP contribution >= 0.6 is 0 Å². The van der Waals surface area contributed by atoms with E-state index in [1.807, 2.05) is 43.3 Å². The Morgan fingerprint density at radius 2 is 1.86 bits per heavy atom. The molecule has 3 nitrogen and oxygen atoms in total. The van der Waals surface area contributed by atoms with E-state index in [4.69, 9.17) is 0 Å². The Balaban J connectivity index is 2.12. The molecule has 0 radical (unpaired) electrons. The first kappa shape index (κ1) is 14.1. The fourth-order valence-electron chi connectivity index (χ4n) is 2.66. The first-order valence-electron chi connectivity index (χ1n) is 7.24. The molecule has 0 bridgehead atoms. The second-order valence-corrected chi connectivity index (χ2v) is 5.34.